The van der Waals surface area contributed by atoms with Gasteiger partial charge in [-0.1, -0.05) is 35.9 Å². The number of carbonyl (C=O) groups excluding carboxylic acids is 2. The van der Waals surface area contributed by atoms with E-state index in [0.29, 0.717) is 24.5 Å². The molecule has 38 heavy (non-hydrogen) atoms. The summed E-state index contributed by atoms with van der Waals surface area (Å²) in [6, 6.07) is 11.9. The van der Waals surface area contributed by atoms with Crippen LogP contribution in [0.15, 0.2) is 42.5 Å². The van der Waals surface area contributed by atoms with Crippen molar-refractivity contribution in [3.63, 3.8) is 0 Å². The van der Waals surface area contributed by atoms with Crippen LogP contribution in [0.3, 0.4) is 0 Å². The topological polar surface area (TPSA) is 87.2 Å². The first kappa shape index (κ1) is 28.1. The number of carbonyl (C=O) groups is 2. The number of hydrogen-bond acceptors (Lipinski definition) is 5. The van der Waals surface area contributed by atoms with Gasteiger partial charge >= 0.3 is 6.09 Å². The molecule has 204 valence electrons. The van der Waals surface area contributed by atoms with E-state index in [0.717, 1.165) is 51.2 Å². The van der Waals surface area contributed by atoms with E-state index >= 15 is 0 Å². The minimum atomic E-state index is -3.41. The molecule has 2 aromatic rings. The molecule has 0 saturated heterocycles. The lowest BCUT2D eigenvalue weighted by Crippen LogP contribution is -2.42. The lowest BCUT2D eigenvalue weighted by molar-refractivity contribution is -0.130. The minimum absolute atomic E-state index is 0.0765. The summed E-state index contributed by atoms with van der Waals surface area (Å²) in [4.78, 5) is 28.8. The Hall–Kier alpha value is -2.88. The van der Waals surface area contributed by atoms with Gasteiger partial charge in [0.15, 0.2) is 0 Å². The van der Waals surface area contributed by atoms with E-state index < -0.39 is 10.0 Å². The lowest BCUT2D eigenvalue weighted by Gasteiger charge is -2.29. The zero-order chi connectivity index (χ0) is 27.6. The fourth-order valence-electron chi connectivity index (χ4n) is 5.02. The van der Waals surface area contributed by atoms with Gasteiger partial charge in [-0.2, -0.15) is 4.31 Å². The van der Waals surface area contributed by atoms with Crippen molar-refractivity contribution in [2.75, 3.05) is 40.0 Å². The van der Waals surface area contributed by atoms with Gasteiger partial charge in [0.2, 0.25) is 15.9 Å². The SMILES string of the molecule is Cc1cc(Cl)cc(COC(=O)N(C)C2CCc3ccc(C4=CCN(C(=O)CN(C)S(C)(=O)=O)CC4)cc32)c1. The Morgan fingerprint density at radius 2 is 1.89 bits per heavy atom. The monoisotopic (exact) mass is 559 g/mol. The first-order chi connectivity index (χ1) is 17.9. The molecule has 1 aliphatic heterocycles. The Balaban J connectivity index is 1.40. The van der Waals surface area contributed by atoms with Crippen molar-refractivity contribution in [2.45, 2.75) is 38.8 Å². The van der Waals surface area contributed by atoms with E-state index in [9.17, 15) is 18.0 Å². The van der Waals surface area contributed by atoms with Crippen LogP contribution in [-0.4, -0.2) is 74.5 Å². The van der Waals surface area contributed by atoms with Crippen LogP contribution in [0.2, 0.25) is 5.02 Å². The van der Waals surface area contributed by atoms with Crippen LogP contribution < -0.4 is 0 Å². The molecular formula is C28H34ClN3O5S. The van der Waals surface area contributed by atoms with Crippen LogP contribution in [-0.2, 0) is 32.6 Å². The van der Waals surface area contributed by atoms with Crippen molar-refractivity contribution in [1.29, 1.82) is 0 Å². The fourth-order valence-corrected chi connectivity index (χ4v) is 5.67. The molecule has 0 radical (unpaired) electrons. The summed E-state index contributed by atoms with van der Waals surface area (Å²) >= 11 is 6.13. The van der Waals surface area contributed by atoms with Crippen LogP contribution in [0.5, 0.6) is 0 Å². The number of hydrogen-bond donors (Lipinski definition) is 0. The molecule has 4 rings (SSSR count). The highest BCUT2D eigenvalue weighted by molar-refractivity contribution is 7.88. The normalized spacial score (nSPS) is 17.3. The van der Waals surface area contributed by atoms with Crippen LogP contribution in [0, 0.1) is 6.92 Å². The van der Waals surface area contributed by atoms with Gasteiger partial charge in [0, 0.05) is 32.2 Å². The van der Waals surface area contributed by atoms with E-state index in [4.69, 9.17) is 16.3 Å². The number of aryl methyl sites for hydroxylation is 2. The first-order valence-corrected chi connectivity index (χ1v) is 14.8. The third-order valence-corrected chi connectivity index (χ3v) is 8.75. The van der Waals surface area contributed by atoms with Crippen molar-refractivity contribution in [2.24, 2.45) is 0 Å². The smallest absolute Gasteiger partial charge is 0.410 e. The highest BCUT2D eigenvalue weighted by Crippen LogP contribution is 2.38. The molecule has 2 aromatic carbocycles. The Bertz CT molecular complexity index is 1350. The second-order valence-corrected chi connectivity index (χ2v) is 12.6. The molecule has 2 aliphatic rings. The lowest BCUT2D eigenvalue weighted by atomic mass is 9.95. The molecule has 1 heterocycles. The molecular weight excluding hydrogens is 526 g/mol. The van der Waals surface area contributed by atoms with Crippen LogP contribution in [0.4, 0.5) is 4.79 Å². The number of nitrogens with zero attached hydrogens (tertiary/aromatic N) is 3. The largest absolute Gasteiger partial charge is 0.445 e. The summed E-state index contributed by atoms with van der Waals surface area (Å²) in [5.41, 5.74) is 6.42. The quantitative estimate of drug-likeness (QED) is 0.501. The summed E-state index contributed by atoms with van der Waals surface area (Å²) in [5, 5.41) is 0.618. The molecule has 0 N–H and O–H groups in total. The number of amides is 2. The molecule has 0 aromatic heterocycles. The van der Waals surface area contributed by atoms with Crippen molar-refractivity contribution < 1.29 is 22.7 Å². The van der Waals surface area contributed by atoms with Gasteiger partial charge in [-0.05, 0) is 77.8 Å². The maximum Gasteiger partial charge on any atom is 0.410 e. The summed E-state index contributed by atoms with van der Waals surface area (Å²) in [6.07, 6.45) is 5.13. The van der Waals surface area contributed by atoms with Crippen molar-refractivity contribution in [3.8, 4) is 0 Å². The zero-order valence-corrected chi connectivity index (χ0v) is 23.8. The van der Waals surface area contributed by atoms with E-state index in [2.05, 4.69) is 18.2 Å². The predicted octanol–water partition coefficient (Wildman–Crippen LogP) is 4.41. The highest BCUT2D eigenvalue weighted by atomic mass is 35.5. The molecule has 0 saturated carbocycles. The number of ether oxygens (including phenoxy) is 1. The standard InChI is InChI=1S/C28H34ClN3O5S/c1-19-13-20(15-24(29)14-19)18-37-28(34)31(3)26-8-7-22-5-6-23(16-25(22)26)21-9-11-32(12-10-21)27(33)17-30(2)38(4,35)36/h5-6,9,13-16,26H,7-8,10-12,17-18H2,1-4H3. The van der Waals surface area contributed by atoms with Crippen LogP contribution in [0.1, 0.15) is 46.7 Å². The first-order valence-electron chi connectivity index (χ1n) is 12.6. The maximum atomic E-state index is 12.9. The number of likely N-dealkylation sites (N-methyl/N-ethyl adjacent to an activating group) is 1. The minimum Gasteiger partial charge on any atom is -0.445 e. The number of rotatable bonds is 7. The Morgan fingerprint density at radius 1 is 1.13 bits per heavy atom. The summed E-state index contributed by atoms with van der Waals surface area (Å²) < 4.78 is 29.9. The van der Waals surface area contributed by atoms with Gasteiger partial charge in [0.25, 0.3) is 0 Å². The molecule has 2 amide bonds. The van der Waals surface area contributed by atoms with E-state index in [-0.39, 0.29) is 31.2 Å². The molecule has 8 nitrogen and oxygen atoms in total. The Morgan fingerprint density at radius 3 is 2.55 bits per heavy atom. The van der Waals surface area contributed by atoms with Gasteiger partial charge in [-0.15, -0.1) is 0 Å². The summed E-state index contributed by atoms with van der Waals surface area (Å²) in [7, 11) is -0.228. The van der Waals surface area contributed by atoms with E-state index in [1.165, 1.54) is 12.6 Å². The third-order valence-electron chi connectivity index (χ3n) is 7.27. The number of halogens is 1. The van der Waals surface area contributed by atoms with Crippen molar-refractivity contribution >= 4 is 39.2 Å². The molecule has 0 spiro atoms. The summed E-state index contributed by atoms with van der Waals surface area (Å²) in [5.74, 6) is -0.213. The fraction of sp³-hybridized carbons (Fsp3) is 0.429. The van der Waals surface area contributed by atoms with Crippen molar-refractivity contribution in [1.82, 2.24) is 14.1 Å². The van der Waals surface area contributed by atoms with E-state index in [1.807, 2.05) is 25.1 Å². The molecule has 0 bridgehead atoms. The van der Waals surface area contributed by atoms with Gasteiger partial charge in [-0.3, -0.25) is 4.79 Å². The predicted molar refractivity (Wildman–Crippen MR) is 148 cm³/mol. The third kappa shape index (κ3) is 6.57. The second-order valence-electron chi connectivity index (χ2n) is 10.1. The molecule has 0 fully saturated rings. The van der Waals surface area contributed by atoms with Crippen LogP contribution in [0.25, 0.3) is 5.57 Å². The Labute approximate surface area is 229 Å². The van der Waals surface area contributed by atoms with Gasteiger partial charge in [0.05, 0.1) is 18.8 Å². The van der Waals surface area contributed by atoms with Gasteiger partial charge in [-0.25, -0.2) is 13.2 Å². The number of sulfonamides is 1. The average molecular weight is 560 g/mol. The van der Waals surface area contributed by atoms with E-state index in [1.54, 1.807) is 22.9 Å². The molecule has 1 unspecified atom stereocenters. The maximum absolute atomic E-state index is 12.9. The summed E-state index contributed by atoms with van der Waals surface area (Å²) in [6.45, 7) is 2.90. The second kappa shape index (κ2) is 11.5. The molecule has 10 heteroatoms. The van der Waals surface area contributed by atoms with Crippen molar-refractivity contribution in [3.05, 3.63) is 75.3 Å². The van der Waals surface area contributed by atoms with Crippen LogP contribution >= 0.6 is 11.6 Å². The zero-order valence-electron chi connectivity index (χ0n) is 22.2. The number of fused-ring (bicyclic) bond motifs is 1. The van der Waals surface area contributed by atoms with Gasteiger partial charge in [0.1, 0.15) is 6.61 Å². The average Bonchev–Trinajstić information content (AvgIpc) is 3.29. The molecule has 1 atom stereocenters. The number of benzene rings is 2. The molecule has 1 aliphatic carbocycles. The Kier molecular flexibility index (Phi) is 8.49. The highest BCUT2D eigenvalue weighted by Gasteiger charge is 2.30. The van der Waals surface area contributed by atoms with Gasteiger partial charge < -0.3 is 14.5 Å².